The minimum Gasteiger partial charge on any atom is -0.338 e. The number of urea groups is 1. The fourth-order valence-electron chi connectivity index (χ4n) is 1.74. The zero-order valence-electron chi connectivity index (χ0n) is 11.2. The number of aromatic nitrogens is 3. The highest BCUT2D eigenvalue weighted by Crippen LogP contribution is 1.97. The molecule has 0 unspecified atom stereocenters. The van der Waals surface area contributed by atoms with Gasteiger partial charge < -0.3 is 19.8 Å². The Bertz CT molecular complexity index is 618. The first kappa shape index (κ1) is 13.9. The van der Waals surface area contributed by atoms with Gasteiger partial charge >= 0.3 is 6.03 Å². The van der Waals surface area contributed by atoms with E-state index in [2.05, 4.69) is 15.6 Å². The molecule has 0 atom stereocenters. The lowest BCUT2D eigenvalue weighted by Gasteiger charge is -2.08. The molecule has 2 rings (SSSR count). The van der Waals surface area contributed by atoms with E-state index in [1.807, 2.05) is 10.8 Å². The molecule has 0 saturated heterocycles. The van der Waals surface area contributed by atoms with Gasteiger partial charge in [-0.2, -0.15) is 0 Å². The maximum Gasteiger partial charge on any atom is 0.319 e. The Morgan fingerprint density at radius 2 is 2.25 bits per heavy atom. The fourth-order valence-corrected chi connectivity index (χ4v) is 1.74. The van der Waals surface area contributed by atoms with Crippen molar-refractivity contribution in [2.75, 3.05) is 11.9 Å². The summed E-state index contributed by atoms with van der Waals surface area (Å²) < 4.78 is 3.35. The van der Waals surface area contributed by atoms with Crippen molar-refractivity contribution in [3.8, 4) is 0 Å². The molecule has 0 aliphatic rings. The summed E-state index contributed by atoms with van der Waals surface area (Å²) in [6.45, 7) is 1.31. The van der Waals surface area contributed by atoms with Crippen LogP contribution in [0, 0.1) is 0 Å². The summed E-state index contributed by atoms with van der Waals surface area (Å²) in [7, 11) is 1.64. The van der Waals surface area contributed by atoms with Crippen LogP contribution in [0.25, 0.3) is 0 Å². The Labute approximate surface area is 116 Å². The smallest absolute Gasteiger partial charge is 0.319 e. The third-order valence-electron chi connectivity index (χ3n) is 2.81. The van der Waals surface area contributed by atoms with Gasteiger partial charge in [0, 0.05) is 38.7 Å². The number of carbonyl (C=O) groups excluding carboxylic acids is 1. The zero-order valence-corrected chi connectivity index (χ0v) is 11.2. The maximum absolute atomic E-state index is 11.7. The molecule has 20 heavy (non-hydrogen) atoms. The Balaban J connectivity index is 1.75. The van der Waals surface area contributed by atoms with E-state index in [9.17, 15) is 9.59 Å². The van der Waals surface area contributed by atoms with E-state index < -0.39 is 0 Å². The molecule has 106 valence electrons. The number of hydrogen-bond donors (Lipinski definition) is 2. The molecule has 7 heteroatoms. The van der Waals surface area contributed by atoms with E-state index in [-0.39, 0.29) is 17.3 Å². The molecule has 0 saturated carbocycles. The van der Waals surface area contributed by atoms with Gasteiger partial charge in [-0.1, -0.05) is 0 Å². The molecule has 0 radical (unpaired) electrons. The van der Waals surface area contributed by atoms with Crippen molar-refractivity contribution in [1.82, 2.24) is 19.4 Å². The number of rotatable bonds is 5. The third-order valence-corrected chi connectivity index (χ3v) is 2.81. The van der Waals surface area contributed by atoms with Crippen LogP contribution in [0.1, 0.15) is 6.42 Å². The van der Waals surface area contributed by atoms with Gasteiger partial charge in [0.05, 0.1) is 6.33 Å². The lowest BCUT2D eigenvalue weighted by atomic mass is 10.4. The van der Waals surface area contributed by atoms with Crippen LogP contribution in [0.3, 0.4) is 0 Å². The minimum atomic E-state index is -0.376. The average Bonchev–Trinajstić information content (AvgIpc) is 2.93. The topological polar surface area (TPSA) is 81.0 Å². The molecule has 2 amide bonds. The first-order valence-electron chi connectivity index (χ1n) is 6.33. The Hall–Kier alpha value is -2.57. The summed E-state index contributed by atoms with van der Waals surface area (Å²) in [6.07, 6.45) is 7.74. The van der Waals surface area contributed by atoms with E-state index >= 15 is 0 Å². The van der Waals surface area contributed by atoms with E-state index in [1.54, 1.807) is 37.9 Å². The van der Waals surface area contributed by atoms with E-state index in [1.165, 1.54) is 4.57 Å². The zero-order chi connectivity index (χ0) is 14.4. The van der Waals surface area contributed by atoms with Gasteiger partial charge in [-0.15, -0.1) is 0 Å². The first-order valence-corrected chi connectivity index (χ1v) is 6.33. The van der Waals surface area contributed by atoms with Crippen molar-refractivity contribution in [2.45, 2.75) is 13.0 Å². The van der Waals surface area contributed by atoms with Gasteiger partial charge in [-0.05, 0) is 18.6 Å². The van der Waals surface area contributed by atoms with Gasteiger partial charge in [0.2, 0.25) is 0 Å². The predicted molar refractivity (Wildman–Crippen MR) is 75.5 cm³/mol. The molecule has 0 aromatic carbocycles. The number of nitrogens with one attached hydrogen (secondary N) is 2. The van der Waals surface area contributed by atoms with Crippen LogP contribution < -0.4 is 16.2 Å². The number of carbonyl (C=O) groups is 1. The molecule has 2 heterocycles. The molecule has 2 aromatic rings. The van der Waals surface area contributed by atoms with Gasteiger partial charge in [-0.25, -0.2) is 9.78 Å². The standard InChI is InChI=1S/C13H17N5O2/c1-17-7-2-4-11(12(17)19)16-13(20)15-5-3-8-18-9-6-14-10-18/h2,4,6-7,9-10H,3,5,8H2,1H3,(H2,15,16,20). The number of imidazole rings is 1. The summed E-state index contributed by atoms with van der Waals surface area (Å²) >= 11 is 0. The van der Waals surface area contributed by atoms with Crippen LogP contribution in [0.4, 0.5) is 10.5 Å². The van der Waals surface area contributed by atoms with Crippen LogP contribution in [-0.4, -0.2) is 26.7 Å². The highest BCUT2D eigenvalue weighted by Gasteiger charge is 2.05. The highest BCUT2D eigenvalue weighted by molar-refractivity contribution is 5.88. The second-order valence-corrected chi connectivity index (χ2v) is 4.37. The van der Waals surface area contributed by atoms with Crippen molar-refractivity contribution in [3.63, 3.8) is 0 Å². The molecule has 2 aromatic heterocycles. The maximum atomic E-state index is 11.7. The molecule has 7 nitrogen and oxygen atoms in total. The van der Waals surface area contributed by atoms with Crippen molar-refractivity contribution < 1.29 is 4.79 Å². The van der Waals surface area contributed by atoms with Crippen LogP contribution in [0.5, 0.6) is 0 Å². The summed E-state index contributed by atoms with van der Waals surface area (Å²) in [5.41, 5.74) is 0.0307. The predicted octanol–water partition coefficient (Wildman–Crippen LogP) is 0.794. The number of aryl methyl sites for hydroxylation is 2. The molecule has 0 aliphatic heterocycles. The van der Waals surface area contributed by atoms with Crippen LogP contribution in [-0.2, 0) is 13.6 Å². The lowest BCUT2D eigenvalue weighted by molar-refractivity contribution is 0.251. The summed E-state index contributed by atoms with van der Waals surface area (Å²) in [5, 5.41) is 5.25. The fraction of sp³-hybridized carbons (Fsp3) is 0.308. The number of anilines is 1. The molecular weight excluding hydrogens is 258 g/mol. The Morgan fingerprint density at radius 1 is 1.40 bits per heavy atom. The normalized spacial score (nSPS) is 10.2. The molecule has 0 fully saturated rings. The molecule has 2 N–H and O–H groups in total. The summed E-state index contributed by atoms with van der Waals surface area (Å²) in [4.78, 5) is 27.3. The Morgan fingerprint density at radius 3 is 3.00 bits per heavy atom. The van der Waals surface area contributed by atoms with Crippen LogP contribution in [0.15, 0.2) is 41.8 Å². The van der Waals surface area contributed by atoms with Crippen LogP contribution in [0.2, 0.25) is 0 Å². The second kappa shape index (κ2) is 6.55. The largest absolute Gasteiger partial charge is 0.338 e. The average molecular weight is 275 g/mol. The lowest BCUT2D eigenvalue weighted by Crippen LogP contribution is -2.33. The van der Waals surface area contributed by atoms with E-state index in [0.717, 1.165) is 13.0 Å². The summed E-state index contributed by atoms with van der Waals surface area (Å²) in [5.74, 6) is 0. The van der Waals surface area contributed by atoms with Crippen molar-refractivity contribution in [3.05, 3.63) is 47.4 Å². The second-order valence-electron chi connectivity index (χ2n) is 4.37. The third kappa shape index (κ3) is 3.71. The number of pyridine rings is 1. The minimum absolute atomic E-state index is 0.235. The molecule has 0 bridgehead atoms. The number of amides is 2. The quantitative estimate of drug-likeness (QED) is 0.792. The molecule has 0 aliphatic carbocycles. The van der Waals surface area contributed by atoms with Gasteiger partial charge in [-0.3, -0.25) is 4.79 Å². The van der Waals surface area contributed by atoms with E-state index in [0.29, 0.717) is 6.54 Å². The van der Waals surface area contributed by atoms with Gasteiger partial charge in [0.1, 0.15) is 5.69 Å². The highest BCUT2D eigenvalue weighted by atomic mass is 16.2. The van der Waals surface area contributed by atoms with Gasteiger partial charge in [0.25, 0.3) is 5.56 Å². The SMILES string of the molecule is Cn1cccc(NC(=O)NCCCn2ccnc2)c1=O. The van der Waals surface area contributed by atoms with Crippen molar-refractivity contribution in [1.29, 1.82) is 0 Å². The first-order chi connectivity index (χ1) is 9.66. The van der Waals surface area contributed by atoms with Gasteiger partial charge in [0.15, 0.2) is 0 Å². The van der Waals surface area contributed by atoms with Crippen LogP contribution >= 0.6 is 0 Å². The van der Waals surface area contributed by atoms with Crippen molar-refractivity contribution in [2.24, 2.45) is 7.05 Å². The number of hydrogen-bond acceptors (Lipinski definition) is 3. The van der Waals surface area contributed by atoms with E-state index in [4.69, 9.17) is 0 Å². The Kier molecular flexibility index (Phi) is 4.54. The molecular formula is C13H17N5O2. The monoisotopic (exact) mass is 275 g/mol. The summed E-state index contributed by atoms with van der Waals surface area (Å²) in [6, 6.07) is 2.91. The molecule has 0 spiro atoms. The van der Waals surface area contributed by atoms with Crippen molar-refractivity contribution >= 4 is 11.7 Å². The number of nitrogens with zero attached hydrogens (tertiary/aromatic N) is 3.